The highest BCUT2D eigenvalue weighted by Gasteiger charge is 2.30. The van der Waals surface area contributed by atoms with E-state index in [1.165, 1.54) is 12.8 Å². The number of rotatable bonds is 8. The molecular weight excluding hydrogens is 290 g/mol. The molecule has 1 fully saturated rings. The van der Waals surface area contributed by atoms with E-state index in [1.54, 1.807) is 7.11 Å². The topological polar surface area (TPSA) is 53.6 Å². The summed E-state index contributed by atoms with van der Waals surface area (Å²) in [6, 6.07) is 9.46. The van der Waals surface area contributed by atoms with Crippen LogP contribution in [0.4, 0.5) is 0 Å². The average molecular weight is 319 g/mol. The molecule has 0 saturated carbocycles. The maximum Gasteiger partial charge on any atom is 0.251 e. The van der Waals surface area contributed by atoms with Crippen LogP contribution in [0.5, 0.6) is 0 Å². The van der Waals surface area contributed by atoms with Crippen LogP contribution in [0.15, 0.2) is 30.3 Å². The zero-order valence-corrected chi connectivity index (χ0v) is 14.3. The maximum atomic E-state index is 12.3. The van der Waals surface area contributed by atoms with Crippen LogP contribution in [0.3, 0.4) is 0 Å². The molecule has 1 amide bonds. The van der Waals surface area contributed by atoms with E-state index in [4.69, 9.17) is 4.74 Å². The molecule has 2 rings (SSSR count). The molecule has 1 aromatic carbocycles. The van der Waals surface area contributed by atoms with Gasteiger partial charge in [0.2, 0.25) is 0 Å². The summed E-state index contributed by atoms with van der Waals surface area (Å²) < 4.78 is 5.63. The van der Waals surface area contributed by atoms with Crippen LogP contribution in [0, 0.1) is 0 Å². The van der Waals surface area contributed by atoms with Crippen LogP contribution in [-0.2, 0) is 4.74 Å². The fraction of sp³-hybridized carbons (Fsp3) is 0.611. The Kier molecular flexibility index (Phi) is 7.52. The predicted molar refractivity (Wildman–Crippen MR) is 92.7 cm³/mol. The van der Waals surface area contributed by atoms with Gasteiger partial charge in [-0.2, -0.15) is 0 Å². The van der Waals surface area contributed by atoms with E-state index in [2.05, 4.69) is 15.5 Å². The molecule has 0 spiro atoms. The largest absolute Gasteiger partial charge is 0.378 e. The van der Waals surface area contributed by atoms with Crippen LogP contribution in [0.2, 0.25) is 0 Å². The molecule has 5 nitrogen and oxygen atoms in total. The minimum atomic E-state index is -0.0138. The van der Waals surface area contributed by atoms with Crippen LogP contribution in [-0.4, -0.2) is 63.3 Å². The van der Waals surface area contributed by atoms with Crippen LogP contribution in [0.25, 0.3) is 0 Å². The van der Waals surface area contributed by atoms with Crippen molar-refractivity contribution in [1.82, 2.24) is 15.5 Å². The second-order valence-corrected chi connectivity index (χ2v) is 6.12. The third kappa shape index (κ3) is 5.61. The van der Waals surface area contributed by atoms with Gasteiger partial charge in [0, 0.05) is 25.8 Å². The number of unbranched alkanes of at least 4 members (excludes halogenated alkanes) is 1. The molecule has 0 bridgehead atoms. The van der Waals surface area contributed by atoms with E-state index in [1.807, 2.05) is 37.4 Å². The molecule has 1 aliphatic heterocycles. The zero-order chi connectivity index (χ0) is 16.5. The minimum absolute atomic E-state index is 0.0138. The molecule has 2 unspecified atom stereocenters. The predicted octanol–water partition coefficient (Wildman–Crippen LogP) is 1.51. The van der Waals surface area contributed by atoms with E-state index >= 15 is 0 Å². The van der Waals surface area contributed by atoms with E-state index in [0.717, 1.165) is 32.6 Å². The fourth-order valence-electron chi connectivity index (χ4n) is 3.07. The van der Waals surface area contributed by atoms with Crippen molar-refractivity contribution < 1.29 is 9.53 Å². The Morgan fingerprint density at radius 3 is 2.78 bits per heavy atom. The second kappa shape index (κ2) is 9.65. The van der Waals surface area contributed by atoms with Gasteiger partial charge in [-0.1, -0.05) is 18.2 Å². The lowest BCUT2D eigenvalue weighted by Gasteiger charge is -2.38. The summed E-state index contributed by atoms with van der Waals surface area (Å²) >= 11 is 0. The average Bonchev–Trinajstić information content (AvgIpc) is 2.60. The monoisotopic (exact) mass is 319 g/mol. The molecule has 23 heavy (non-hydrogen) atoms. The number of benzene rings is 1. The van der Waals surface area contributed by atoms with Gasteiger partial charge in [-0.25, -0.2) is 0 Å². The lowest BCUT2D eigenvalue weighted by atomic mass is 10.0. The summed E-state index contributed by atoms with van der Waals surface area (Å²) in [6.07, 6.45) is 3.38. The third-order valence-electron chi connectivity index (χ3n) is 4.45. The van der Waals surface area contributed by atoms with Gasteiger partial charge in [0.05, 0.1) is 12.1 Å². The van der Waals surface area contributed by atoms with E-state index in [9.17, 15) is 4.79 Å². The Morgan fingerprint density at radius 2 is 2.09 bits per heavy atom. The van der Waals surface area contributed by atoms with E-state index in [-0.39, 0.29) is 18.1 Å². The smallest absolute Gasteiger partial charge is 0.251 e. The van der Waals surface area contributed by atoms with Crippen LogP contribution >= 0.6 is 0 Å². The Bertz CT molecular complexity index is 467. The number of likely N-dealkylation sites (tertiary alicyclic amines) is 1. The van der Waals surface area contributed by atoms with Crippen molar-refractivity contribution in [2.75, 3.05) is 40.3 Å². The highest BCUT2D eigenvalue weighted by atomic mass is 16.5. The number of nitrogens with zero attached hydrogens (tertiary/aromatic N) is 1. The molecule has 2 atom stereocenters. The van der Waals surface area contributed by atoms with Crippen molar-refractivity contribution >= 4 is 5.91 Å². The lowest BCUT2D eigenvalue weighted by Crippen LogP contribution is -2.54. The first-order chi connectivity index (χ1) is 11.2. The number of carbonyl (C=O) groups is 1. The summed E-state index contributed by atoms with van der Waals surface area (Å²) in [6.45, 7) is 4.06. The number of nitrogens with one attached hydrogen (secondary N) is 2. The van der Waals surface area contributed by atoms with Crippen molar-refractivity contribution in [3.63, 3.8) is 0 Å². The summed E-state index contributed by atoms with van der Waals surface area (Å²) in [5.74, 6) is -0.0138. The molecule has 1 saturated heterocycles. The van der Waals surface area contributed by atoms with Crippen LogP contribution < -0.4 is 10.6 Å². The molecule has 0 radical (unpaired) electrons. The zero-order valence-electron chi connectivity index (χ0n) is 14.3. The van der Waals surface area contributed by atoms with Gasteiger partial charge in [-0.05, 0) is 51.5 Å². The van der Waals surface area contributed by atoms with E-state index in [0.29, 0.717) is 5.56 Å². The molecule has 2 N–H and O–H groups in total. The molecule has 0 aliphatic carbocycles. The summed E-state index contributed by atoms with van der Waals surface area (Å²) in [4.78, 5) is 14.8. The molecule has 1 aromatic rings. The number of amides is 1. The Hall–Kier alpha value is -1.43. The Morgan fingerprint density at radius 1 is 1.30 bits per heavy atom. The number of piperidine rings is 1. The van der Waals surface area contributed by atoms with Crippen molar-refractivity contribution in [3.8, 4) is 0 Å². The first kappa shape index (κ1) is 17.9. The SMILES string of the molecule is CNCCCCN1CCC(NC(=O)c2ccccc2)C(OC)C1. The lowest BCUT2D eigenvalue weighted by molar-refractivity contribution is 0.00605. The molecule has 1 heterocycles. The Balaban J connectivity index is 1.81. The van der Waals surface area contributed by atoms with Gasteiger partial charge in [-0.3, -0.25) is 4.79 Å². The molecule has 0 aromatic heterocycles. The number of hydrogen-bond donors (Lipinski definition) is 2. The fourth-order valence-corrected chi connectivity index (χ4v) is 3.07. The second-order valence-electron chi connectivity index (χ2n) is 6.12. The number of hydrogen-bond acceptors (Lipinski definition) is 4. The number of methoxy groups -OCH3 is 1. The quantitative estimate of drug-likeness (QED) is 0.713. The van der Waals surface area contributed by atoms with Crippen molar-refractivity contribution in [3.05, 3.63) is 35.9 Å². The van der Waals surface area contributed by atoms with Gasteiger partial charge >= 0.3 is 0 Å². The first-order valence-electron chi connectivity index (χ1n) is 8.50. The van der Waals surface area contributed by atoms with Gasteiger partial charge < -0.3 is 20.3 Å². The summed E-state index contributed by atoms with van der Waals surface area (Å²) in [5.41, 5.74) is 0.705. The Labute approximate surface area is 139 Å². The first-order valence-corrected chi connectivity index (χ1v) is 8.50. The van der Waals surface area contributed by atoms with Gasteiger partial charge in [0.1, 0.15) is 0 Å². The molecular formula is C18H29N3O2. The highest BCUT2D eigenvalue weighted by molar-refractivity contribution is 5.94. The van der Waals surface area contributed by atoms with Gasteiger partial charge in [-0.15, -0.1) is 0 Å². The molecule has 1 aliphatic rings. The third-order valence-corrected chi connectivity index (χ3v) is 4.45. The van der Waals surface area contributed by atoms with Crippen LogP contribution in [0.1, 0.15) is 29.6 Å². The summed E-state index contributed by atoms with van der Waals surface area (Å²) in [7, 11) is 3.72. The van der Waals surface area contributed by atoms with Crippen molar-refractivity contribution in [1.29, 1.82) is 0 Å². The van der Waals surface area contributed by atoms with Gasteiger partial charge in [0.25, 0.3) is 5.91 Å². The van der Waals surface area contributed by atoms with Crippen molar-refractivity contribution in [2.45, 2.75) is 31.4 Å². The number of carbonyl (C=O) groups excluding carboxylic acids is 1. The number of ether oxygens (including phenoxy) is 1. The van der Waals surface area contributed by atoms with Crippen molar-refractivity contribution in [2.24, 2.45) is 0 Å². The minimum Gasteiger partial charge on any atom is -0.378 e. The van der Waals surface area contributed by atoms with E-state index < -0.39 is 0 Å². The highest BCUT2D eigenvalue weighted by Crippen LogP contribution is 2.15. The molecule has 128 valence electrons. The molecule has 5 heteroatoms. The standard InChI is InChI=1S/C18H29N3O2/c1-19-11-6-7-12-21-13-10-16(17(14-21)23-2)20-18(22)15-8-4-3-5-9-15/h3-5,8-9,16-17,19H,6-7,10-14H2,1-2H3,(H,20,22). The van der Waals surface area contributed by atoms with Gasteiger partial charge in [0.15, 0.2) is 0 Å². The summed E-state index contributed by atoms with van der Waals surface area (Å²) in [5, 5.41) is 6.31. The maximum absolute atomic E-state index is 12.3. The normalized spacial score (nSPS) is 22.0.